The van der Waals surface area contributed by atoms with E-state index in [1.165, 1.54) is 18.2 Å². The minimum Gasteiger partial charge on any atom is -0.258 e. The van der Waals surface area contributed by atoms with Crippen molar-refractivity contribution in [2.24, 2.45) is 0 Å². The van der Waals surface area contributed by atoms with Crippen LogP contribution >= 0.6 is 0 Å². The van der Waals surface area contributed by atoms with E-state index < -0.39 is 15.9 Å². The molecule has 5 nitrogen and oxygen atoms in total. The van der Waals surface area contributed by atoms with Crippen LogP contribution in [0.2, 0.25) is 0 Å². The summed E-state index contributed by atoms with van der Waals surface area (Å²) in [5.41, 5.74) is -0.0388. The molecular formula is C10H14N2O3S. The lowest BCUT2D eigenvalue weighted by atomic mass is 10.3. The van der Waals surface area contributed by atoms with Crippen molar-refractivity contribution in [2.75, 3.05) is 6.54 Å². The summed E-state index contributed by atoms with van der Waals surface area (Å²) >= 11 is 0. The van der Waals surface area contributed by atoms with Crippen molar-refractivity contribution in [1.29, 1.82) is 0 Å². The predicted molar refractivity (Wildman–Crippen MR) is 62.4 cm³/mol. The number of nitro benzene ring substituents is 1. The van der Waals surface area contributed by atoms with Crippen LogP contribution < -0.4 is 4.72 Å². The highest BCUT2D eigenvalue weighted by atomic mass is 32.2. The number of nitrogens with one attached hydrogen (secondary N) is 1. The Balaban J connectivity index is 2.68. The maximum absolute atomic E-state index is 11.7. The topological polar surface area (TPSA) is 72.2 Å². The fraction of sp³-hybridized carbons (Fsp3) is 0.400. The molecule has 88 valence electrons. The molecule has 0 aromatic heterocycles. The van der Waals surface area contributed by atoms with Gasteiger partial charge in [-0.05, 0) is 12.5 Å². The average molecular weight is 242 g/mol. The largest absolute Gasteiger partial charge is 0.270 e. The first-order valence-corrected chi connectivity index (χ1v) is 6.20. The molecule has 0 saturated heterocycles. The van der Waals surface area contributed by atoms with Crippen molar-refractivity contribution in [1.82, 2.24) is 4.72 Å². The highest BCUT2D eigenvalue weighted by molar-refractivity contribution is 7.83. The van der Waals surface area contributed by atoms with Crippen LogP contribution in [-0.2, 0) is 11.0 Å². The summed E-state index contributed by atoms with van der Waals surface area (Å²) in [4.78, 5) is 10.5. The molecule has 1 rings (SSSR count). The predicted octanol–water partition coefficient (Wildman–Crippen LogP) is 2.01. The van der Waals surface area contributed by atoms with E-state index in [1.54, 1.807) is 6.07 Å². The van der Waals surface area contributed by atoms with Crippen LogP contribution in [-0.4, -0.2) is 15.7 Å². The van der Waals surface area contributed by atoms with Crippen LogP contribution in [0.15, 0.2) is 29.2 Å². The van der Waals surface area contributed by atoms with Crippen molar-refractivity contribution < 1.29 is 9.13 Å². The third-order valence-corrected chi connectivity index (χ3v) is 3.15. The molecule has 0 fully saturated rings. The van der Waals surface area contributed by atoms with E-state index in [2.05, 4.69) is 4.72 Å². The third kappa shape index (κ3) is 3.71. The van der Waals surface area contributed by atoms with Gasteiger partial charge in [-0.15, -0.1) is 0 Å². The van der Waals surface area contributed by atoms with Crippen LogP contribution in [0.1, 0.15) is 19.8 Å². The van der Waals surface area contributed by atoms with E-state index in [4.69, 9.17) is 0 Å². The molecule has 1 unspecified atom stereocenters. The summed E-state index contributed by atoms with van der Waals surface area (Å²) in [6.07, 6.45) is 1.94. The Bertz CT molecular complexity index is 395. The van der Waals surface area contributed by atoms with Crippen LogP contribution in [0.3, 0.4) is 0 Å². The molecule has 1 aromatic rings. The van der Waals surface area contributed by atoms with E-state index >= 15 is 0 Å². The van der Waals surface area contributed by atoms with Gasteiger partial charge in [0.1, 0.15) is 11.0 Å². The SMILES string of the molecule is CCCCNS(=O)c1cccc([N+](=O)[O-])c1. The molecule has 1 aromatic carbocycles. The number of unbranched alkanes of at least 4 members (excludes halogenated alkanes) is 1. The molecule has 0 bridgehead atoms. The summed E-state index contributed by atoms with van der Waals surface area (Å²) in [5.74, 6) is 0. The van der Waals surface area contributed by atoms with Crippen LogP contribution in [0.4, 0.5) is 5.69 Å². The number of non-ortho nitro benzene ring substituents is 1. The smallest absolute Gasteiger partial charge is 0.258 e. The first kappa shape index (κ1) is 12.8. The summed E-state index contributed by atoms with van der Waals surface area (Å²) in [6.45, 7) is 2.68. The molecule has 0 aliphatic carbocycles. The van der Waals surface area contributed by atoms with Gasteiger partial charge in [-0.25, -0.2) is 8.93 Å². The van der Waals surface area contributed by atoms with Crippen molar-refractivity contribution >= 4 is 16.7 Å². The van der Waals surface area contributed by atoms with Gasteiger partial charge in [0.2, 0.25) is 0 Å². The normalized spacial score (nSPS) is 12.3. The maximum atomic E-state index is 11.7. The van der Waals surface area contributed by atoms with Gasteiger partial charge in [0.05, 0.1) is 9.82 Å². The first-order valence-electron chi connectivity index (χ1n) is 5.05. The van der Waals surface area contributed by atoms with Gasteiger partial charge in [-0.3, -0.25) is 10.1 Å². The molecule has 0 aliphatic heterocycles. The van der Waals surface area contributed by atoms with Gasteiger partial charge < -0.3 is 0 Å². The summed E-state index contributed by atoms with van der Waals surface area (Å²) in [7, 11) is -1.37. The fourth-order valence-electron chi connectivity index (χ4n) is 1.14. The van der Waals surface area contributed by atoms with Crippen molar-refractivity contribution in [3.05, 3.63) is 34.4 Å². The van der Waals surface area contributed by atoms with E-state index in [0.717, 1.165) is 12.8 Å². The number of benzene rings is 1. The van der Waals surface area contributed by atoms with Gasteiger partial charge in [-0.1, -0.05) is 19.4 Å². The Kier molecular flexibility index (Phi) is 5.07. The quantitative estimate of drug-likeness (QED) is 0.471. The molecule has 1 N–H and O–H groups in total. The third-order valence-electron chi connectivity index (χ3n) is 2.01. The lowest BCUT2D eigenvalue weighted by Crippen LogP contribution is -2.18. The van der Waals surface area contributed by atoms with E-state index in [1.807, 2.05) is 6.92 Å². The standard InChI is InChI=1S/C10H14N2O3S/c1-2-3-7-11-16(15)10-6-4-5-9(8-10)12(13)14/h4-6,8,11H,2-3,7H2,1H3. The Morgan fingerprint density at radius 1 is 1.50 bits per heavy atom. The summed E-state index contributed by atoms with van der Waals surface area (Å²) < 4.78 is 14.5. The van der Waals surface area contributed by atoms with Crippen LogP contribution in [0.25, 0.3) is 0 Å². The van der Waals surface area contributed by atoms with Gasteiger partial charge in [0, 0.05) is 18.7 Å². The molecule has 0 amide bonds. The van der Waals surface area contributed by atoms with Gasteiger partial charge in [0.15, 0.2) is 0 Å². The van der Waals surface area contributed by atoms with Gasteiger partial charge in [0.25, 0.3) is 5.69 Å². The minimum absolute atomic E-state index is 0.0388. The molecule has 0 aliphatic rings. The van der Waals surface area contributed by atoms with Crippen LogP contribution in [0, 0.1) is 10.1 Å². The van der Waals surface area contributed by atoms with Crippen molar-refractivity contribution in [2.45, 2.75) is 24.7 Å². The molecule has 0 spiro atoms. The van der Waals surface area contributed by atoms with E-state index in [-0.39, 0.29) is 5.69 Å². The first-order chi connectivity index (χ1) is 7.65. The molecular weight excluding hydrogens is 228 g/mol. The van der Waals surface area contributed by atoms with Crippen LogP contribution in [0.5, 0.6) is 0 Å². The molecule has 0 saturated carbocycles. The maximum Gasteiger partial charge on any atom is 0.270 e. The zero-order valence-electron chi connectivity index (χ0n) is 9.01. The number of hydrogen-bond acceptors (Lipinski definition) is 3. The van der Waals surface area contributed by atoms with Crippen molar-refractivity contribution in [3.8, 4) is 0 Å². The monoisotopic (exact) mass is 242 g/mol. The molecule has 16 heavy (non-hydrogen) atoms. The highest BCUT2D eigenvalue weighted by Crippen LogP contribution is 2.15. The number of nitro groups is 1. The Hall–Kier alpha value is -1.27. The minimum atomic E-state index is -1.37. The number of rotatable bonds is 6. The number of nitrogens with zero attached hydrogens (tertiary/aromatic N) is 1. The lowest BCUT2D eigenvalue weighted by Gasteiger charge is -2.03. The molecule has 0 heterocycles. The Morgan fingerprint density at radius 2 is 2.25 bits per heavy atom. The highest BCUT2D eigenvalue weighted by Gasteiger charge is 2.09. The van der Waals surface area contributed by atoms with E-state index in [0.29, 0.717) is 11.4 Å². The molecule has 1 atom stereocenters. The number of hydrogen-bond donors (Lipinski definition) is 1. The zero-order chi connectivity index (χ0) is 12.0. The summed E-state index contributed by atoms with van der Waals surface area (Å²) in [5, 5.41) is 10.5. The average Bonchev–Trinajstić information content (AvgIpc) is 2.29. The molecule has 0 radical (unpaired) electrons. The second-order valence-electron chi connectivity index (χ2n) is 3.27. The Morgan fingerprint density at radius 3 is 2.88 bits per heavy atom. The zero-order valence-corrected chi connectivity index (χ0v) is 9.83. The van der Waals surface area contributed by atoms with Gasteiger partial charge >= 0.3 is 0 Å². The van der Waals surface area contributed by atoms with Crippen molar-refractivity contribution in [3.63, 3.8) is 0 Å². The van der Waals surface area contributed by atoms with E-state index in [9.17, 15) is 14.3 Å². The fourth-order valence-corrected chi connectivity index (χ4v) is 2.06. The lowest BCUT2D eigenvalue weighted by molar-refractivity contribution is -0.385. The Labute approximate surface area is 96.6 Å². The second-order valence-corrected chi connectivity index (χ2v) is 4.57. The van der Waals surface area contributed by atoms with Gasteiger partial charge in [-0.2, -0.15) is 0 Å². The second kappa shape index (κ2) is 6.34. The summed E-state index contributed by atoms with van der Waals surface area (Å²) in [6, 6.07) is 5.86. The molecule has 6 heteroatoms.